The van der Waals surface area contributed by atoms with Crippen molar-refractivity contribution in [2.75, 3.05) is 0 Å². The van der Waals surface area contributed by atoms with Crippen molar-refractivity contribution in [3.05, 3.63) is 132 Å². The van der Waals surface area contributed by atoms with Crippen molar-refractivity contribution in [1.82, 2.24) is 0 Å². The van der Waals surface area contributed by atoms with Crippen LogP contribution in [-0.2, 0) is 12.8 Å². The summed E-state index contributed by atoms with van der Waals surface area (Å²) >= 11 is 0. The summed E-state index contributed by atoms with van der Waals surface area (Å²) in [5.41, 5.74) is 11.6. The molecule has 0 N–H and O–H groups in total. The average molecular weight is 391 g/mol. The van der Waals surface area contributed by atoms with Gasteiger partial charge in [0.25, 0.3) is 0 Å². The minimum Gasteiger partial charge on any atom is -0.0955 e. The summed E-state index contributed by atoms with van der Waals surface area (Å²) in [6, 6.07) is 25.7. The van der Waals surface area contributed by atoms with Gasteiger partial charge < -0.3 is 0 Å². The molecule has 0 aromatic heterocycles. The van der Waals surface area contributed by atoms with Gasteiger partial charge in [0.1, 0.15) is 0 Å². The van der Waals surface area contributed by atoms with E-state index in [9.17, 15) is 0 Å². The third kappa shape index (κ3) is 5.36. The predicted octanol–water partition coefficient (Wildman–Crippen LogP) is 8.26. The standard InChI is InChI=1S/C30H30/c1-21(2)27-11-7-25(8-12-27)19-23(5)29-15-17-30(18-16-29)24(6)20-26-9-13-28(14-10-26)22(3)4/h7-18H,1,3,5-6,19-20H2,2,4H3. The second kappa shape index (κ2) is 9.41. The molecule has 0 aliphatic carbocycles. The van der Waals surface area contributed by atoms with Gasteiger partial charge >= 0.3 is 0 Å². The lowest BCUT2D eigenvalue weighted by Crippen LogP contribution is -1.93. The molecule has 0 saturated carbocycles. The molecule has 0 amide bonds. The summed E-state index contributed by atoms with van der Waals surface area (Å²) in [5.74, 6) is 0. The van der Waals surface area contributed by atoms with Crippen LogP contribution in [0.2, 0.25) is 0 Å². The van der Waals surface area contributed by atoms with E-state index in [1.54, 1.807) is 0 Å². The summed E-state index contributed by atoms with van der Waals surface area (Å²) in [7, 11) is 0. The van der Waals surface area contributed by atoms with Crippen LogP contribution in [0.4, 0.5) is 0 Å². The Morgan fingerprint density at radius 2 is 0.733 bits per heavy atom. The van der Waals surface area contributed by atoms with E-state index in [0.29, 0.717) is 0 Å². The summed E-state index contributed by atoms with van der Waals surface area (Å²) < 4.78 is 0. The minimum absolute atomic E-state index is 0.839. The second-order valence-electron chi connectivity index (χ2n) is 8.09. The first-order valence-corrected chi connectivity index (χ1v) is 10.3. The highest BCUT2D eigenvalue weighted by atomic mass is 14.1. The maximum Gasteiger partial charge on any atom is -0.00257 e. The van der Waals surface area contributed by atoms with Crippen molar-refractivity contribution < 1.29 is 0 Å². The van der Waals surface area contributed by atoms with Gasteiger partial charge in [0.15, 0.2) is 0 Å². The van der Waals surface area contributed by atoms with Gasteiger partial charge in [0.05, 0.1) is 0 Å². The van der Waals surface area contributed by atoms with Crippen LogP contribution in [0.3, 0.4) is 0 Å². The molecule has 3 aromatic carbocycles. The normalized spacial score (nSPS) is 10.5. The Balaban J connectivity index is 1.63. The fourth-order valence-corrected chi connectivity index (χ4v) is 3.45. The molecule has 0 heterocycles. The molecule has 0 bridgehead atoms. The lowest BCUT2D eigenvalue weighted by atomic mass is 9.94. The highest BCUT2D eigenvalue weighted by molar-refractivity contribution is 5.71. The molecule has 0 radical (unpaired) electrons. The Kier molecular flexibility index (Phi) is 6.69. The number of rotatable bonds is 8. The maximum atomic E-state index is 4.30. The molecular formula is C30H30. The van der Waals surface area contributed by atoms with Crippen molar-refractivity contribution >= 4 is 22.3 Å². The van der Waals surface area contributed by atoms with Crippen LogP contribution in [0.1, 0.15) is 47.2 Å². The number of hydrogen-bond donors (Lipinski definition) is 0. The van der Waals surface area contributed by atoms with E-state index in [-0.39, 0.29) is 0 Å². The van der Waals surface area contributed by atoms with Crippen LogP contribution >= 0.6 is 0 Å². The van der Waals surface area contributed by atoms with E-state index in [4.69, 9.17) is 0 Å². The second-order valence-corrected chi connectivity index (χ2v) is 8.09. The zero-order valence-corrected chi connectivity index (χ0v) is 18.2. The van der Waals surface area contributed by atoms with Gasteiger partial charge in [-0.3, -0.25) is 0 Å². The molecule has 0 aliphatic heterocycles. The first-order chi connectivity index (χ1) is 14.3. The van der Waals surface area contributed by atoms with E-state index >= 15 is 0 Å². The average Bonchev–Trinajstić information content (AvgIpc) is 2.74. The topological polar surface area (TPSA) is 0 Å². The monoisotopic (exact) mass is 390 g/mol. The molecule has 30 heavy (non-hydrogen) atoms. The Morgan fingerprint density at radius 3 is 1.00 bits per heavy atom. The zero-order chi connectivity index (χ0) is 21.7. The first-order valence-electron chi connectivity index (χ1n) is 10.3. The number of hydrogen-bond acceptors (Lipinski definition) is 0. The van der Waals surface area contributed by atoms with E-state index in [0.717, 1.165) is 35.1 Å². The molecule has 3 rings (SSSR count). The van der Waals surface area contributed by atoms with E-state index in [2.05, 4.69) is 99.1 Å². The van der Waals surface area contributed by atoms with Crippen LogP contribution in [0, 0.1) is 0 Å². The number of allylic oxidation sites excluding steroid dienone is 4. The summed E-state index contributed by atoms with van der Waals surface area (Å²) in [6.07, 6.45) is 1.68. The third-order valence-corrected chi connectivity index (χ3v) is 5.43. The number of benzene rings is 3. The van der Waals surface area contributed by atoms with Gasteiger partial charge in [-0.15, -0.1) is 0 Å². The molecule has 0 aliphatic rings. The quantitative estimate of drug-likeness (QED) is 0.363. The Hall–Kier alpha value is -3.38. The lowest BCUT2D eigenvalue weighted by molar-refractivity contribution is 1.27. The van der Waals surface area contributed by atoms with Crippen LogP contribution in [0.25, 0.3) is 22.3 Å². The van der Waals surface area contributed by atoms with Crippen LogP contribution in [-0.4, -0.2) is 0 Å². The van der Waals surface area contributed by atoms with Crippen molar-refractivity contribution in [3.63, 3.8) is 0 Å². The molecule has 3 aromatic rings. The zero-order valence-electron chi connectivity index (χ0n) is 18.2. The lowest BCUT2D eigenvalue weighted by Gasteiger charge is -2.11. The van der Waals surface area contributed by atoms with Gasteiger partial charge in [-0.2, -0.15) is 0 Å². The maximum absolute atomic E-state index is 4.30. The highest BCUT2D eigenvalue weighted by Gasteiger charge is 2.05. The van der Waals surface area contributed by atoms with Crippen molar-refractivity contribution in [3.8, 4) is 0 Å². The summed E-state index contributed by atoms with van der Waals surface area (Å²) in [5, 5.41) is 0. The fourth-order valence-electron chi connectivity index (χ4n) is 3.45. The molecule has 0 nitrogen and oxygen atoms in total. The third-order valence-electron chi connectivity index (χ3n) is 5.43. The summed E-state index contributed by atoms with van der Waals surface area (Å²) in [4.78, 5) is 0. The highest BCUT2D eigenvalue weighted by Crippen LogP contribution is 2.24. The van der Waals surface area contributed by atoms with Gasteiger partial charge in [-0.1, -0.05) is 110 Å². The molecule has 0 atom stereocenters. The van der Waals surface area contributed by atoms with E-state index in [1.807, 2.05) is 13.8 Å². The Bertz CT molecular complexity index is 982. The van der Waals surface area contributed by atoms with Crippen LogP contribution < -0.4 is 0 Å². The predicted molar refractivity (Wildman–Crippen MR) is 134 cm³/mol. The summed E-state index contributed by atoms with van der Waals surface area (Å²) in [6.45, 7) is 20.6. The SMILES string of the molecule is C=C(C)c1ccc(CC(=C)c2ccc(C(=C)Cc3ccc(C(=C)C)cc3)cc2)cc1. The smallest absolute Gasteiger partial charge is 0.00257 e. The van der Waals surface area contributed by atoms with Crippen molar-refractivity contribution in [2.45, 2.75) is 26.7 Å². The van der Waals surface area contributed by atoms with Gasteiger partial charge in [-0.25, -0.2) is 0 Å². The van der Waals surface area contributed by atoms with Gasteiger partial charge in [0.2, 0.25) is 0 Å². The van der Waals surface area contributed by atoms with Gasteiger partial charge in [-0.05, 0) is 71.2 Å². The van der Waals surface area contributed by atoms with Gasteiger partial charge in [0, 0.05) is 0 Å². The van der Waals surface area contributed by atoms with Crippen molar-refractivity contribution in [2.24, 2.45) is 0 Å². The molecule has 0 spiro atoms. The van der Waals surface area contributed by atoms with E-state index < -0.39 is 0 Å². The fraction of sp³-hybridized carbons (Fsp3) is 0.133. The minimum atomic E-state index is 0.839. The first kappa shape index (κ1) is 21.3. The molecular weight excluding hydrogens is 360 g/mol. The molecule has 150 valence electrons. The molecule has 0 saturated heterocycles. The molecule has 0 unspecified atom stereocenters. The Labute approximate surface area is 181 Å². The largest absolute Gasteiger partial charge is 0.0955 e. The Morgan fingerprint density at radius 1 is 0.467 bits per heavy atom. The van der Waals surface area contributed by atoms with Crippen molar-refractivity contribution in [1.29, 1.82) is 0 Å². The molecule has 0 heteroatoms. The van der Waals surface area contributed by atoms with Crippen LogP contribution in [0.5, 0.6) is 0 Å². The van der Waals surface area contributed by atoms with Crippen LogP contribution in [0.15, 0.2) is 99.1 Å². The molecule has 0 fully saturated rings. The van der Waals surface area contributed by atoms with E-state index in [1.165, 1.54) is 33.4 Å².